The van der Waals surface area contributed by atoms with Gasteiger partial charge in [0.25, 0.3) is 5.91 Å². The number of aliphatic hydroxyl groups is 1. The van der Waals surface area contributed by atoms with Crippen molar-refractivity contribution < 1.29 is 32.5 Å². The van der Waals surface area contributed by atoms with Crippen LogP contribution in [0.1, 0.15) is 41.2 Å². The second-order valence-electron chi connectivity index (χ2n) is 11.4. The minimum absolute atomic E-state index is 0.00313. The number of methoxy groups -OCH3 is 1. The Labute approximate surface area is 290 Å². The second kappa shape index (κ2) is 16.8. The van der Waals surface area contributed by atoms with Gasteiger partial charge in [-0.25, -0.2) is 18.8 Å². The minimum Gasteiger partial charge on any atom is -0.496 e. The number of hydrazine groups is 1. The van der Waals surface area contributed by atoms with E-state index < -0.39 is 33.1 Å². The molecule has 0 aromatic heterocycles. The molecule has 2 atom stereocenters. The van der Waals surface area contributed by atoms with Gasteiger partial charge in [-0.05, 0) is 59.1 Å². The number of aliphatic hydroxyl groups excluding tert-OH is 1. The van der Waals surface area contributed by atoms with Crippen molar-refractivity contribution >= 4 is 21.6 Å². The molecule has 3 N–H and O–H groups in total. The maximum Gasteiger partial charge on any atom is 0.266 e. The zero-order valence-electron chi connectivity index (χ0n) is 27.4. The Bertz CT molecular complexity index is 1950. The van der Waals surface area contributed by atoms with Crippen molar-refractivity contribution in [3.63, 3.8) is 0 Å². The molecule has 0 spiro atoms. The maximum atomic E-state index is 14.5. The van der Waals surface area contributed by atoms with E-state index in [0.29, 0.717) is 41.2 Å². The van der Waals surface area contributed by atoms with Gasteiger partial charge in [0.15, 0.2) is 21.5 Å². The first-order valence-electron chi connectivity index (χ1n) is 15.9. The predicted octanol–water partition coefficient (Wildman–Crippen LogP) is 5.21. The highest BCUT2D eigenvalue weighted by Gasteiger charge is 2.54. The molecule has 13 nitrogen and oxygen atoms in total. The summed E-state index contributed by atoms with van der Waals surface area (Å²) in [5.41, 5.74) is 15.4. The van der Waals surface area contributed by atoms with Gasteiger partial charge in [0.2, 0.25) is 5.90 Å². The lowest BCUT2D eigenvalue weighted by Crippen LogP contribution is -2.53. The summed E-state index contributed by atoms with van der Waals surface area (Å²) in [6, 6.07) is 29.3. The number of nitrogens with zero attached hydrogens (tertiary/aromatic N) is 4. The topological polar surface area (TPSA) is 184 Å². The molecule has 0 unspecified atom stereocenters. The fourth-order valence-corrected chi connectivity index (χ4v) is 6.99. The zero-order valence-corrected chi connectivity index (χ0v) is 28.3. The normalized spacial score (nSPS) is 16.8. The molecule has 1 heterocycles. The Morgan fingerprint density at radius 1 is 1.00 bits per heavy atom. The third kappa shape index (κ3) is 8.41. The quantitative estimate of drug-likeness (QED) is 0.0441. The van der Waals surface area contributed by atoms with Crippen molar-refractivity contribution in [3.05, 3.63) is 136 Å². The first kappa shape index (κ1) is 35.9. The highest BCUT2D eigenvalue weighted by molar-refractivity contribution is 7.91. The summed E-state index contributed by atoms with van der Waals surface area (Å²) >= 11 is 0. The monoisotopic (exact) mass is 698 g/mol. The summed E-state index contributed by atoms with van der Waals surface area (Å²) in [4.78, 5) is 22.5. The third-order valence-corrected chi connectivity index (χ3v) is 9.93. The number of carbonyl (C=O) groups excluding carboxylic acids is 1. The van der Waals surface area contributed by atoms with Crippen LogP contribution in [0.4, 0.5) is 0 Å². The van der Waals surface area contributed by atoms with Gasteiger partial charge in [0.1, 0.15) is 11.5 Å². The zero-order chi connectivity index (χ0) is 35.4. The van der Waals surface area contributed by atoms with Crippen LogP contribution in [-0.2, 0) is 32.5 Å². The van der Waals surface area contributed by atoms with E-state index in [4.69, 9.17) is 29.8 Å². The molecule has 0 saturated heterocycles. The van der Waals surface area contributed by atoms with Gasteiger partial charge < -0.3 is 19.3 Å². The number of hydrogen-bond donors (Lipinski definition) is 3. The molecule has 1 amide bonds. The SMILES string of the molecule is COc1ccccc1CNNC(=O)[C@@]1(CCS(=O)(=O)c2ccccc2)N=C(c2ccc(OCCCO)cc2)O[C@H]1c1ccccc1CN=[N+]=[N-]. The minimum atomic E-state index is -3.86. The number of nitrogens with one attached hydrogen (secondary N) is 2. The number of para-hydroxylation sites is 1. The van der Waals surface area contributed by atoms with Crippen molar-refractivity contribution in [3.8, 4) is 11.5 Å². The van der Waals surface area contributed by atoms with Crippen molar-refractivity contribution in [2.75, 3.05) is 26.1 Å². The molecule has 0 radical (unpaired) electrons. The van der Waals surface area contributed by atoms with E-state index in [2.05, 4.69) is 20.9 Å². The molecular weight excluding hydrogens is 660 g/mol. The van der Waals surface area contributed by atoms with Crippen LogP contribution in [0.2, 0.25) is 0 Å². The average molecular weight is 699 g/mol. The number of aliphatic imine (C=N–C) groups is 1. The number of carbonyl (C=O) groups is 1. The number of hydrogen-bond acceptors (Lipinski definition) is 10. The van der Waals surface area contributed by atoms with E-state index in [1.165, 1.54) is 12.1 Å². The Morgan fingerprint density at radius 2 is 1.70 bits per heavy atom. The fourth-order valence-electron chi connectivity index (χ4n) is 5.60. The van der Waals surface area contributed by atoms with E-state index in [-0.39, 0.29) is 36.9 Å². The summed E-state index contributed by atoms with van der Waals surface area (Å²) in [5.74, 6) is 0.251. The molecule has 1 aliphatic heterocycles. The molecule has 260 valence electrons. The van der Waals surface area contributed by atoms with Crippen LogP contribution in [0.25, 0.3) is 10.4 Å². The maximum absolute atomic E-state index is 14.5. The lowest BCUT2D eigenvalue weighted by molar-refractivity contribution is -0.130. The van der Waals surface area contributed by atoms with Crippen molar-refractivity contribution in [2.24, 2.45) is 10.1 Å². The van der Waals surface area contributed by atoms with Gasteiger partial charge >= 0.3 is 0 Å². The van der Waals surface area contributed by atoms with Crippen LogP contribution in [0.3, 0.4) is 0 Å². The number of benzene rings is 4. The molecule has 4 aromatic carbocycles. The average Bonchev–Trinajstić information content (AvgIpc) is 3.55. The lowest BCUT2D eigenvalue weighted by Gasteiger charge is -2.31. The summed E-state index contributed by atoms with van der Waals surface area (Å²) in [5, 5.41) is 12.8. The van der Waals surface area contributed by atoms with Crippen molar-refractivity contribution in [2.45, 2.75) is 42.5 Å². The predicted molar refractivity (Wildman–Crippen MR) is 187 cm³/mol. The number of azide groups is 1. The van der Waals surface area contributed by atoms with Gasteiger partial charge in [0, 0.05) is 42.0 Å². The Morgan fingerprint density at radius 3 is 2.42 bits per heavy atom. The Balaban J connectivity index is 1.57. The van der Waals surface area contributed by atoms with E-state index in [1.54, 1.807) is 79.9 Å². The first-order chi connectivity index (χ1) is 24.3. The molecule has 1 aliphatic rings. The molecule has 14 heteroatoms. The number of amides is 1. The van der Waals surface area contributed by atoms with Crippen LogP contribution >= 0.6 is 0 Å². The summed E-state index contributed by atoms with van der Waals surface area (Å²) in [7, 11) is -2.31. The van der Waals surface area contributed by atoms with Crippen molar-refractivity contribution in [1.29, 1.82) is 0 Å². The molecule has 0 aliphatic carbocycles. The van der Waals surface area contributed by atoms with E-state index >= 15 is 0 Å². The third-order valence-electron chi connectivity index (χ3n) is 8.20. The Kier molecular flexibility index (Phi) is 12.1. The summed E-state index contributed by atoms with van der Waals surface area (Å²) < 4.78 is 44.9. The van der Waals surface area contributed by atoms with Crippen molar-refractivity contribution in [1.82, 2.24) is 10.9 Å². The standard InChI is InChI=1S/C36H38N6O7S/c1-47-32-15-8-6-11-28(32)25-38-41-35(44)36(20-23-50(45,46)30-12-3-2-4-13-30)33(31-14-7-5-10-27(31)24-39-42-37)49-34(40-36)26-16-18-29(19-17-26)48-22-9-21-43/h2-8,10-19,33,38,43H,9,20-25H2,1H3,(H,41,44)/t33-,36-/m0/s1. The smallest absolute Gasteiger partial charge is 0.266 e. The van der Waals surface area contributed by atoms with E-state index in [9.17, 15) is 13.2 Å². The number of sulfone groups is 1. The van der Waals surface area contributed by atoms with Gasteiger partial charge in [-0.1, -0.05) is 65.8 Å². The van der Waals surface area contributed by atoms with Crippen LogP contribution in [0, 0.1) is 0 Å². The molecule has 4 aromatic rings. The van der Waals surface area contributed by atoms with Crippen LogP contribution < -0.4 is 20.3 Å². The largest absolute Gasteiger partial charge is 0.496 e. The highest BCUT2D eigenvalue weighted by atomic mass is 32.2. The van der Waals surface area contributed by atoms with Gasteiger partial charge in [0.05, 0.1) is 30.9 Å². The number of rotatable bonds is 17. The van der Waals surface area contributed by atoms with Gasteiger partial charge in [-0.2, -0.15) is 0 Å². The fraction of sp³-hybridized carbons (Fsp3) is 0.278. The number of ether oxygens (including phenoxy) is 3. The van der Waals surface area contributed by atoms with E-state index in [1.807, 2.05) is 18.2 Å². The van der Waals surface area contributed by atoms with Crippen LogP contribution in [-0.4, -0.2) is 56.9 Å². The molecule has 5 rings (SSSR count). The first-order valence-corrected chi connectivity index (χ1v) is 17.6. The molecular formula is C36H38N6O7S. The highest BCUT2D eigenvalue weighted by Crippen LogP contribution is 2.44. The van der Waals surface area contributed by atoms with Gasteiger partial charge in [-0.3, -0.25) is 10.2 Å². The van der Waals surface area contributed by atoms with Gasteiger partial charge in [-0.15, -0.1) is 0 Å². The summed E-state index contributed by atoms with van der Waals surface area (Å²) in [6.45, 7) is 0.497. The molecule has 0 bridgehead atoms. The molecule has 0 saturated carbocycles. The summed E-state index contributed by atoms with van der Waals surface area (Å²) in [6.07, 6.45) is -0.885. The molecule has 0 fully saturated rings. The van der Waals surface area contributed by atoms with Crippen LogP contribution in [0.5, 0.6) is 11.5 Å². The van der Waals surface area contributed by atoms with E-state index in [0.717, 1.165) is 5.56 Å². The second-order valence-corrected chi connectivity index (χ2v) is 13.5. The molecule has 50 heavy (non-hydrogen) atoms. The Hall–Kier alpha value is -5.40. The van der Waals surface area contributed by atoms with Crippen LogP contribution in [0.15, 0.2) is 118 Å². The lowest BCUT2D eigenvalue weighted by atomic mass is 9.83.